The first-order valence-electron chi connectivity index (χ1n) is 24.9. The molecule has 10 rings (SSSR count). The number of anilines is 2. The Kier molecular flexibility index (Phi) is 12.4. The van der Waals surface area contributed by atoms with Crippen LogP contribution in [-0.2, 0) is 0 Å². The molecule has 0 bridgehead atoms. The molecule has 0 saturated heterocycles. The summed E-state index contributed by atoms with van der Waals surface area (Å²) in [6.07, 6.45) is 16.7. The lowest BCUT2D eigenvalue weighted by molar-refractivity contribution is 0.229. The molecule has 2 aliphatic rings. The molecule has 1 aromatic heterocycles. The smallest absolute Gasteiger partial charge is 0.119 e. The summed E-state index contributed by atoms with van der Waals surface area (Å²) in [5.41, 5.74) is 17.8. The molecule has 3 heteroatoms. The Morgan fingerprint density at radius 3 is 1.74 bits per heavy atom. The van der Waals surface area contributed by atoms with Gasteiger partial charge in [0.2, 0.25) is 0 Å². The van der Waals surface area contributed by atoms with E-state index in [1.54, 1.807) is 7.11 Å². The SMILES string of the molecule is COc1ccc(-n2c3ccc(C4=CC=C(N(c5ccc(-c6ccccc6)cc5)c5ccc(C6C=CC=CC6C)cc5)CC4)cc3c3cc(-c4ccc(C(CC(C)(C)C)C(C)(C)C)cc4)ccc32)cc1. The van der Waals surface area contributed by atoms with Crippen molar-refractivity contribution in [2.45, 2.75) is 79.6 Å². The van der Waals surface area contributed by atoms with Gasteiger partial charge in [0.05, 0.1) is 18.1 Å². The van der Waals surface area contributed by atoms with Crippen molar-refractivity contribution in [1.82, 2.24) is 4.57 Å². The number of rotatable bonds is 11. The fraction of sp³-hybridized carbons (Fsp3) is 0.242. The molecule has 3 unspecified atom stereocenters. The summed E-state index contributed by atoms with van der Waals surface area (Å²) in [6, 6.07) is 60.9. The van der Waals surface area contributed by atoms with Crippen molar-refractivity contribution < 1.29 is 4.74 Å². The molecule has 0 amide bonds. The summed E-state index contributed by atoms with van der Waals surface area (Å²) in [4.78, 5) is 2.46. The van der Waals surface area contributed by atoms with Gasteiger partial charge in [-0.25, -0.2) is 0 Å². The number of allylic oxidation sites excluding steroid dienone is 8. The first-order chi connectivity index (χ1) is 33.3. The Morgan fingerprint density at radius 1 is 0.580 bits per heavy atom. The van der Waals surface area contributed by atoms with E-state index in [4.69, 9.17) is 4.74 Å². The Bertz CT molecular complexity index is 3220. The van der Waals surface area contributed by atoms with Crippen molar-refractivity contribution in [1.29, 1.82) is 0 Å². The maximum Gasteiger partial charge on any atom is 0.119 e. The molecule has 8 aromatic rings. The highest BCUT2D eigenvalue weighted by atomic mass is 16.5. The maximum atomic E-state index is 5.57. The van der Waals surface area contributed by atoms with Crippen LogP contribution in [0.25, 0.3) is 55.3 Å². The van der Waals surface area contributed by atoms with Crippen molar-refractivity contribution in [3.63, 3.8) is 0 Å². The largest absolute Gasteiger partial charge is 0.497 e. The zero-order valence-corrected chi connectivity index (χ0v) is 41.7. The number of nitrogens with zero attached hydrogens (tertiary/aromatic N) is 2. The zero-order valence-electron chi connectivity index (χ0n) is 41.7. The lowest BCUT2D eigenvalue weighted by Gasteiger charge is -2.36. The van der Waals surface area contributed by atoms with Crippen molar-refractivity contribution in [2.24, 2.45) is 16.7 Å². The second kappa shape index (κ2) is 18.8. The van der Waals surface area contributed by atoms with Crippen LogP contribution in [0.1, 0.15) is 96.3 Å². The van der Waals surface area contributed by atoms with E-state index in [-0.39, 0.29) is 10.8 Å². The first-order valence-corrected chi connectivity index (χ1v) is 24.9. The van der Waals surface area contributed by atoms with E-state index in [0.29, 0.717) is 17.8 Å². The van der Waals surface area contributed by atoms with Gasteiger partial charge in [0.25, 0.3) is 0 Å². The van der Waals surface area contributed by atoms with Gasteiger partial charge in [-0.05, 0) is 165 Å². The van der Waals surface area contributed by atoms with Crippen LogP contribution in [0, 0.1) is 16.7 Å². The predicted molar refractivity (Wildman–Crippen MR) is 295 cm³/mol. The van der Waals surface area contributed by atoms with Crippen LogP contribution >= 0.6 is 0 Å². The third kappa shape index (κ3) is 9.53. The number of hydrogen-bond acceptors (Lipinski definition) is 2. The Hall–Kier alpha value is -7.10. The second-order valence-electron chi connectivity index (χ2n) is 21.6. The number of hydrogen-bond donors (Lipinski definition) is 0. The molecule has 0 spiro atoms. The lowest BCUT2D eigenvalue weighted by atomic mass is 9.69. The molecule has 1 heterocycles. The monoisotopic (exact) mass is 903 g/mol. The van der Waals surface area contributed by atoms with Gasteiger partial charge in [0, 0.05) is 39.4 Å². The van der Waals surface area contributed by atoms with E-state index >= 15 is 0 Å². The molecule has 69 heavy (non-hydrogen) atoms. The number of fused-ring (bicyclic) bond motifs is 3. The van der Waals surface area contributed by atoms with E-state index in [1.165, 1.54) is 77.7 Å². The van der Waals surface area contributed by atoms with Gasteiger partial charge < -0.3 is 14.2 Å². The number of aromatic nitrogens is 1. The van der Waals surface area contributed by atoms with Crippen molar-refractivity contribution in [3.8, 4) is 33.7 Å². The van der Waals surface area contributed by atoms with Gasteiger partial charge in [-0.3, -0.25) is 0 Å². The summed E-state index contributed by atoms with van der Waals surface area (Å²) in [5, 5.41) is 2.50. The summed E-state index contributed by atoms with van der Waals surface area (Å²) < 4.78 is 7.98. The summed E-state index contributed by atoms with van der Waals surface area (Å²) >= 11 is 0. The number of ether oxygens (including phenoxy) is 1. The molecule has 3 atom stereocenters. The van der Waals surface area contributed by atoms with Gasteiger partial charge in [-0.15, -0.1) is 0 Å². The van der Waals surface area contributed by atoms with Gasteiger partial charge >= 0.3 is 0 Å². The fourth-order valence-electron chi connectivity index (χ4n) is 10.8. The summed E-state index contributed by atoms with van der Waals surface area (Å²) in [6.45, 7) is 16.5. The Labute approximate surface area is 410 Å². The van der Waals surface area contributed by atoms with Crippen molar-refractivity contribution in [2.75, 3.05) is 12.0 Å². The normalized spacial score (nSPS) is 16.6. The molecular formula is C66H66N2O. The molecular weight excluding hydrogens is 837 g/mol. The second-order valence-corrected chi connectivity index (χ2v) is 21.6. The molecule has 2 aliphatic carbocycles. The number of methoxy groups -OCH3 is 1. The van der Waals surface area contributed by atoms with Crippen molar-refractivity contribution >= 4 is 38.8 Å². The van der Waals surface area contributed by atoms with Crippen LogP contribution in [0.3, 0.4) is 0 Å². The molecule has 7 aromatic carbocycles. The average Bonchev–Trinajstić information content (AvgIpc) is 3.69. The lowest BCUT2D eigenvalue weighted by Crippen LogP contribution is -2.23. The molecule has 0 radical (unpaired) electrons. The van der Waals surface area contributed by atoms with E-state index < -0.39 is 0 Å². The molecule has 346 valence electrons. The molecule has 0 fully saturated rings. The highest BCUT2D eigenvalue weighted by molar-refractivity contribution is 6.11. The van der Waals surface area contributed by atoms with Gasteiger partial charge in [-0.1, -0.05) is 170 Å². The molecule has 3 nitrogen and oxygen atoms in total. The third-order valence-electron chi connectivity index (χ3n) is 14.6. The van der Waals surface area contributed by atoms with Gasteiger partial charge in [-0.2, -0.15) is 0 Å². The fourth-order valence-corrected chi connectivity index (χ4v) is 10.8. The maximum absolute atomic E-state index is 5.57. The highest BCUT2D eigenvalue weighted by Crippen LogP contribution is 2.45. The first kappa shape index (κ1) is 45.7. The molecule has 0 N–H and O–H groups in total. The van der Waals surface area contributed by atoms with Crippen LogP contribution in [0.2, 0.25) is 0 Å². The average molecular weight is 903 g/mol. The number of benzene rings is 7. The van der Waals surface area contributed by atoms with E-state index in [2.05, 4.69) is 258 Å². The summed E-state index contributed by atoms with van der Waals surface area (Å²) in [5.74, 6) is 2.17. The van der Waals surface area contributed by atoms with Crippen LogP contribution in [0.5, 0.6) is 5.75 Å². The third-order valence-corrected chi connectivity index (χ3v) is 14.6. The van der Waals surface area contributed by atoms with Crippen LogP contribution in [-0.4, -0.2) is 11.7 Å². The standard InChI is InChI=1S/C66H66N2O/c1-45-14-12-13-17-59(45)50-26-34-56(35-27-50)67(54-30-22-47(23-31-54)46-15-10-9-11-16-46)55-32-24-49(25-33-55)53-29-41-64-61(43-53)60-42-52(28-40-63(60)68(64)57-36-38-58(69-8)39-37-57)48-18-20-51(21-19-48)62(66(5,6)7)44-65(2,3)4/h9-24,26-32,34-43,45,59,62H,25,33,44H2,1-8H3. The molecule has 0 saturated carbocycles. The van der Waals surface area contributed by atoms with Crippen LogP contribution in [0.4, 0.5) is 11.4 Å². The van der Waals surface area contributed by atoms with Crippen molar-refractivity contribution in [3.05, 3.63) is 223 Å². The van der Waals surface area contributed by atoms with E-state index in [9.17, 15) is 0 Å². The summed E-state index contributed by atoms with van der Waals surface area (Å²) in [7, 11) is 1.73. The van der Waals surface area contributed by atoms with Gasteiger partial charge in [0.1, 0.15) is 5.75 Å². The Balaban J connectivity index is 1.03. The highest BCUT2D eigenvalue weighted by Gasteiger charge is 2.30. The minimum atomic E-state index is 0.171. The zero-order chi connectivity index (χ0) is 47.9. The van der Waals surface area contributed by atoms with E-state index in [0.717, 1.165) is 36.4 Å². The minimum absolute atomic E-state index is 0.171. The van der Waals surface area contributed by atoms with Crippen LogP contribution < -0.4 is 9.64 Å². The topological polar surface area (TPSA) is 17.4 Å². The minimum Gasteiger partial charge on any atom is -0.497 e. The Morgan fingerprint density at radius 2 is 1.14 bits per heavy atom. The molecule has 0 aliphatic heterocycles. The predicted octanol–water partition coefficient (Wildman–Crippen LogP) is 18.4. The van der Waals surface area contributed by atoms with E-state index in [1.807, 2.05) is 0 Å². The van der Waals surface area contributed by atoms with Crippen LogP contribution in [0.15, 0.2) is 206 Å². The van der Waals surface area contributed by atoms with Gasteiger partial charge in [0.15, 0.2) is 0 Å². The quantitative estimate of drug-likeness (QED) is 0.129.